The molecular weight excluding hydrogens is 368 g/mol. The van der Waals surface area contributed by atoms with E-state index in [0.29, 0.717) is 17.1 Å². The van der Waals surface area contributed by atoms with Crippen molar-refractivity contribution >= 4 is 11.7 Å². The molecule has 6 heteroatoms. The largest absolute Gasteiger partial charge is 0.507 e. The summed E-state index contributed by atoms with van der Waals surface area (Å²) in [5, 5.41) is 19.0. The molecular formula is C23H18N2O4. The van der Waals surface area contributed by atoms with Gasteiger partial charge in [-0.2, -0.15) is 0 Å². The van der Waals surface area contributed by atoms with Gasteiger partial charge in [-0.25, -0.2) is 4.79 Å². The maximum Gasteiger partial charge on any atom is 0.339 e. The zero-order chi connectivity index (χ0) is 20.4. The van der Waals surface area contributed by atoms with Crippen molar-refractivity contribution in [1.29, 1.82) is 0 Å². The number of nitrogen functional groups attached to an aromatic ring is 1. The van der Waals surface area contributed by atoms with Gasteiger partial charge in [-0.3, -0.25) is 0 Å². The summed E-state index contributed by atoms with van der Waals surface area (Å²) in [5.41, 5.74) is 8.88. The van der Waals surface area contributed by atoms with Crippen LogP contribution in [0.5, 0.6) is 17.2 Å². The van der Waals surface area contributed by atoms with Crippen molar-refractivity contribution in [2.75, 3.05) is 5.73 Å². The highest BCUT2D eigenvalue weighted by Crippen LogP contribution is 2.33. The van der Waals surface area contributed by atoms with Crippen LogP contribution in [0, 0.1) is 0 Å². The molecule has 0 amide bonds. The Morgan fingerprint density at radius 2 is 1.66 bits per heavy atom. The average molecular weight is 386 g/mol. The van der Waals surface area contributed by atoms with Crippen LogP contribution in [-0.4, -0.2) is 20.7 Å². The zero-order valence-corrected chi connectivity index (χ0v) is 15.3. The number of benzene rings is 3. The summed E-state index contributed by atoms with van der Waals surface area (Å²) in [6.07, 6.45) is 3.54. The van der Waals surface area contributed by atoms with Gasteiger partial charge in [-0.15, -0.1) is 0 Å². The molecule has 0 aliphatic heterocycles. The number of para-hydroxylation sites is 1. The van der Waals surface area contributed by atoms with Gasteiger partial charge in [0.1, 0.15) is 22.8 Å². The second kappa shape index (κ2) is 7.44. The van der Waals surface area contributed by atoms with Crippen LogP contribution in [0.2, 0.25) is 0 Å². The van der Waals surface area contributed by atoms with Crippen molar-refractivity contribution in [1.82, 2.24) is 4.57 Å². The number of nitrogens with zero attached hydrogens (tertiary/aromatic N) is 1. The van der Waals surface area contributed by atoms with Crippen molar-refractivity contribution in [3.63, 3.8) is 0 Å². The van der Waals surface area contributed by atoms with Crippen LogP contribution >= 0.6 is 0 Å². The Hall–Kier alpha value is -4.19. The molecule has 0 atom stereocenters. The van der Waals surface area contributed by atoms with Gasteiger partial charge in [-0.05, 0) is 42.0 Å². The maximum absolute atomic E-state index is 11.1. The number of aromatic hydroxyl groups is 1. The van der Waals surface area contributed by atoms with Crippen LogP contribution < -0.4 is 10.5 Å². The summed E-state index contributed by atoms with van der Waals surface area (Å²) in [7, 11) is 0. The van der Waals surface area contributed by atoms with E-state index in [0.717, 1.165) is 16.9 Å². The maximum atomic E-state index is 11.1. The molecule has 4 aromatic rings. The molecule has 0 aliphatic carbocycles. The fourth-order valence-corrected chi connectivity index (χ4v) is 3.07. The first-order valence-electron chi connectivity index (χ1n) is 8.89. The minimum Gasteiger partial charge on any atom is -0.507 e. The van der Waals surface area contributed by atoms with E-state index in [1.54, 1.807) is 16.8 Å². The number of anilines is 1. The summed E-state index contributed by atoms with van der Waals surface area (Å²) in [6.45, 7) is 0. The van der Waals surface area contributed by atoms with Crippen molar-refractivity contribution in [3.05, 3.63) is 90.8 Å². The Labute approximate surface area is 167 Å². The number of aromatic carboxylic acids is 1. The lowest BCUT2D eigenvalue weighted by Crippen LogP contribution is -1.98. The van der Waals surface area contributed by atoms with Crippen molar-refractivity contribution in [2.24, 2.45) is 0 Å². The molecule has 0 aliphatic rings. The molecule has 0 spiro atoms. The summed E-state index contributed by atoms with van der Waals surface area (Å²) in [5.74, 6) is -0.0624. The Kier molecular flexibility index (Phi) is 4.66. The monoisotopic (exact) mass is 386 g/mol. The first kappa shape index (κ1) is 18.2. The van der Waals surface area contributed by atoms with Crippen LogP contribution in [0.25, 0.3) is 16.8 Å². The predicted octanol–water partition coefficient (Wildman–Crippen LogP) is 4.92. The van der Waals surface area contributed by atoms with Crippen molar-refractivity contribution in [2.45, 2.75) is 0 Å². The van der Waals surface area contributed by atoms with Crippen LogP contribution in [0.4, 0.5) is 5.69 Å². The van der Waals surface area contributed by atoms with Crippen LogP contribution in [0.1, 0.15) is 10.4 Å². The smallest absolute Gasteiger partial charge is 0.339 e. The van der Waals surface area contributed by atoms with Gasteiger partial charge in [0.15, 0.2) is 0 Å². The van der Waals surface area contributed by atoms with Gasteiger partial charge in [0.05, 0.1) is 5.69 Å². The quantitative estimate of drug-likeness (QED) is 0.452. The lowest BCUT2D eigenvalue weighted by molar-refractivity contribution is 0.0693. The lowest BCUT2D eigenvalue weighted by Gasteiger charge is -2.08. The van der Waals surface area contributed by atoms with Gasteiger partial charge >= 0.3 is 5.97 Å². The Morgan fingerprint density at radius 3 is 2.38 bits per heavy atom. The van der Waals surface area contributed by atoms with E-state index in [4.69, 9.17) is 15.6 Å². The van der Waals surface area contributed by atoms with E-state index in [9.17, 15) is 9.90 Å². The van der Waals surface area contributed by atoms with E-state index in [1.807, 2.05) is 60.8 Å². The number of ether oxygens (including phenoxy) is 1. The second-order valence-corrected chi connectivity index (χ2v) is 6.48. The van der Waals surface area contributed by atoms with E-state index >= 15 is 0 Å². The normalized spacial score (nSPS) is 10.6. The highest BCUT2D eigenvalue weighted by molar-refractivity contribution is 5.91. The molecule has 29 heavy (non-hydrogen) atoms. The number of carboxylic acid groups (broad SMARTS) is 1. The molecule has 0 saturated heterocycles. The van der Waals surface area contributed by atoms with E-state index in [2.05, 4.69) is 0 Å². The summed E-state index contributed by atoms with van der Waals surface area (Å²) in [4.78, 5) is 11.1. The number of nitrogens with two attached hydrogens (primary N) is 1. The SMILES string of the molecule is Nc1cn(-c2ccc(C(=O)O)c(O)c2)cc1-c1cccc(Oc2ccccc2)c1. The van der Waals surface area contributed by atoms with Gasteiger partial charge in [0.25, 0.3) is 0 Å². The Balaban J connectivity index is 1.66. The van der Waals surface area contributed by atoms with E-state index in [1.165, 1.54) is 12.1 Å². The summed E-state index contributed by atoms with van der Waals surface area (Å²) < 4.78 is 7.62. The minimum absolute atomic E-state index is 0.153. The number of rotatable bonds is 5. The molecule has 1 aromatic heterocycles. The number of carbonyl (C=O) groups is 1. The molecule has 4 rings (SSSR count). The third-order valence-electron chi connectivity index (χ3n) is 4.49. The van der Waals surface area contributed by atoms with Crippen LogP contribution in [0.15, 0.2) is 85.2 Å². The van der Waals surface area contributed by atoms with Crippen molar-refractivity contribution in [3.8, 4) is 34.1 Å². The number of hydrogen-bond acceptors (Lipinski definition) is 4. The first-order chi connectivity index (χ1) is 14.0. The van der Waals surface area contributed by atoms with Gasteiger partial charge in [0, 0.05) is 29.7 Å². The molecule has 0 radical (unpaired) electrons. The Bertz CT molecular complexity index is 1180. The zero-order valence-electron chi connectivity index (χ0n) is 15.3. The molecule has 4 N–H and O–H groups in total. The third-order valence-corrected chi connectivity index (χ3v) is 4.49. The first-order valence-corrected chi connectivity index (χ1v) is 8.89. The van der Waals surface area contributed by atoms with Gasteiger partial charge < -0.3 is 25.3 Å². The van der Waals surface area contributed by atoms with Gasteiger partial charge in [0.2, 0.25) is 0 Å². The molecule has 3 aromatic carbocycles. The number of hydrogen-bond donors (Lipinski definition) is 3. The summed E-state index contributed by atoms with van der Waals surface area (Å²) >= 11 is 0. The number of phenols is 1. The standard InChI is InChI=1S/C23H18N2O4/c24-21-14-25(16-9-10-19(23(27)28)22(26)12-16)13-20(21)15-5-4-8-18(11-15)29-17-6-2-1-3-7-17/h1-14,26H,24H2,(H,27,28). The molecule has 0 unspecified atom stereocenters. The van der Waals surface area contributed by atoms with E-state index < -0.39 is 5.97 Å². The fourth-order valence-electron chi connectivity index (χ4n) is 3.07. The minimum atomic E-state index is -1.18. The lowest BCUT2D eigenvalue weighted by atomic mass is 10.1. The van der Waals surface area contributed by atoms with Gasteiger partial charge in [-0.1, -0.05) is 30.3 Å². The molecule has 0 fully saturated rings. The highest BCUT2D eigenvalue weighted by Gasteiger charge is 2.13. The van der Waals surface area contributed by atoms with Crippen LogP contribution in [-0.2, 0) is 0 Å². The molecule has 6 nitrogen and oxygen atoms in total. The number of carboxylic acids is 1. The molecule has 0 saturated carbocycles. The Morgan fingerprint density at radius 1 is 0.897 bits per heavy atom. The molecule has 144 valence electrons. The number of aromatic nitrogens is 1. The third kappa shape index (κ3) is 3.77. The van der Waals surface area contributed by atoms with Crippen LogP contribution in [0.3, 0.4) is 0 Å². The summed E-state index contributed by atoms with van der Waals surface area (Å²) in [6, 6.07) is 21.4. The molecule has 0 bridgehead atoms. The fraction of sp³-hybridized carbons (Fsp3) is 0. The molecule has 1 heterocycles. The van der Waals surface area contributed by atoms with E-state index in [-0.39, 0.29) is 11.3 Å². The van der Waals surface area contributed by atoms with Crippen molar-refractivity contribution < 1.29 is 19.7 Å². The predicted molar refractivity (Wildman–Crippen MR) is 111 cm³/mol. The second-order valence-electron chi connectivity index (χ2n) is 6.48. The average Bonchev–Trinajstić information content (AvgIpc) is 3.10. The highest BCUT2D eigenvalue weighted by atomic mass is 16.5. The topological polar surface area (TPSA) is 97.7 Å².